The first kappa shape index (κ1) is 58.8. The van der Waals surface area contributed by atoms with E-state index in [0.717, 1.165) is 116 Å². The first-order chi connectivity index (χ1) is 27.6. The van der Waals surface area contributed by atoms with Gasteiger partial charge in [-0.3, -0.25) is 9.59 Å². The van der Waals surface area contributed by atoms with Gasteiger partial charge in [0.25, 0.3) is 5.60 Å². The highest BCUT2D eigenvalue weighted by molar-refractivity contribution is 5.73. The normalized spacial score (nSPS) is 14.3. The molecule has 58 heavy (non-hydrogen) atoms. The van der Waals surface area contributed by atoms with E-state index in [1.54, 1.807) is 13.8 Å². The molecule has 7 N–H and O–H groups in total. The highest BCUT2D eigenvalue weighted by Crippen LogP contribution is 2.46. The first-order valence-electron chi connectivity index (χ1n) is 24.0. The van der Waals surface area contributed by atoms with Crippen molar-refractivity contribution < 1.29 is 54.8 Å². The molecule has 0 rings (SSSR count). The molecule has 11 heteroatoms. The molecular formula is C47H94O11. The second-order valence-corrected chi connectivity index (χ2v) is 16.9. The van der Waals surface area contributed by atoms with Gasteiger partial charge in [-0.1, -0.05) is 203 Å². The van der Waals surface area contributed by atoms with E-state index in [1.807, 2.05) is 0 Å². The van der Waals surface area contributed by atoms with Gasteiger partial charge in [-0.15, -0.1) is 0 Å². The summed E-state index contributed by atoms with van der Waals surface area (Å²) in [4.78, 5) is 27.4. The summed E-state index contributed by atoms with van der Waals surface area (Å²) in [5.41, 5.74) is -6.51. The van der Waals surface area contributed by atoms with Crippen molar-refractivity contribution in [3.05, 3.63) is 0 Å². The van der Waals surface area contributed by atoms with E-state index >= 15 is 0 Å². The molecular weight excluding hydrogens is 741 g/mol. The Hall–Kier alpha value is -1.34. The summed E-state index contributed by atoms with van der Waals surface area (Å²) in [6.07, 6.45) is 23.6. The fourth-order valence-electron chi connectivity index (χ4n) is 7.83. The van der Waals surface area contributed by atoms with Crippen molar-refractivity contribution >= 4 is 11.9 Å². The lowest BCUT2D eigenvalue weighted by Crippen LogP contribution is -2.80. The van der Waals surface area contributed by atoms with Crippen LogP contribution in [-0.4, -0.2) is 77.4 Å². The molecule has 0 aliphatic rings. The fourth-order valence-corrected chi connectivity index (χ4v) is 7.83. The number of carbonyl (C=O) groups is 2. The molecule has 0 aromatic carbocycles. The van der Waals surface area contributed by atoms with Gasteiger partial charge in [0.1, 0.15) is 5.60 Å². The molecule has 0 spiro atoms. The van der Waals surface area contributed by atoms with Crippen LogP contribution in [0.1, 0.15) is 248 Å². The van der Waals surface area contributed by atoms with Crippen molar-refractivity contribution in [2.75, 3.05) is 6.61 Å². The van der Waals surface area contributed by atoms with Crippen LogP contribution in [0.3, 0.4) is 0 Å². The van der Waals surface area contributed by atoms with Gasteiger partial charge in [-0.2, -0.15) is 0 Å². The highest BCUT2D eigenvalue weighted by atomic mass is 16.8. The molecule has 0 aliphatic carbocycles. The van der Waals surface area contributed by atoms with Crippen molar-refractivity contribution in [2.24, 2.45) is 11.8 Å². The van der Waals surface area contributed by atoms with E-state index in [1.165, 1.54) is 6.42 Å². The van der Waals surface area contributed by atoms with E-state index in [0.29, 0.717) is 58.0 Å². The van der Waals surface area contributed by atoms with Crippen molar-refractivity contribution in [2.45, 2.75) is 271 Å². The number of rotatable bonds is 38. The van der Waals surface area contributed by atoms with Gasteiger partial charge in [0.15, 0.2) is 0 Å². The Labute approximate surface area is 355 Å². The van der Waals surface area contributed by atoms with E-state index in [2.05, 4.69) is 34.6 Å². The number of hydrogen-bond donors (Lipinski definition) is 7. The van der Waals surface area contributed by atoms with Crippen LogP contribution in [0.2, 0.25) is 0 Å². The van der Waals surface area contributed by atoms with Gasteiger partial charge in [0, 0.05) is 6.61 Å². The number of carbonyl (C=O) groups excluding carboxylic acids is 2. The maximum absolute atomic E-state index is 13.7. The van der Waals surface area contributed by atoms with Crippen molar-refractivity contribution in [3.63, 3.8) is 0 Å². The van der Waals surface area contributed by atoms with E-state index in [9.17, 15) is 40.2 Å². The summed E-state index contributed by atoms with van der Waals surface area (Å²) in [6, 6.07) is 0. The molecule has 2 atom stereocenters. The zero-order chi connectivity index (χ0) is 44.4. The zero-order valence-corrected chi connectivity index (χ0v) is 38.5. The summed E-state index contributed by atoms with van der Waals surface area (Å²) in [7, 11) is 0. The number of aliphatic hydroxyl groups excluding tert-OH is 1. The molecule has 11 nitrogen and oxygen atoms in total. The minimum Gasteiger partial charge on any atom is -0.405 e. The van der Waals surface area contributed by atoms with Gasteiger partial charge < -0.3 is 45.2 Å². The molecule has 0 bridgehead atoms. The van der Waals surface area contributed by atoms with Crippen LogP contribution >= 0.6 is 0 Å². The third-order valence-corrected chi connectivity index (χ3v) is 11.5. The molecule has 2 unspecified atom stereocenters. The van der Waals surface area contributed by atoms with Crippen LogP contribution in [0.15, 0.2) is 0 Å². The second kappa shape index (κ2) is 35.3. The third-order valence-electron chi connectivity index (χ3n) is 11.5. The zero-order valence-electron chi connectivity index (χ0n) is 38.5. The van der Waals surface area contributed by atoms with E-state index in [-0.39, 0.29) is 25.7 Å². The van der Waals surface area contributed by atoms with Crippen molar-refractivity contribution in [1.82, 2.24) is 0 Å². The molecule has 0 aliphatic heterocycles. The summed E-state index contributed by atoms with van der Waals surface area (Å²) >= 11 is 0. The molecule has 0 aromatic rings. The van der Waals surface area contributed by atoms with E-state index < -0.39 is 46.9 Å². The topological polar surface area (TPSA) is 194 Å². The fraction of sp³-hybridized carbons (Fsp3) is 0.957. The second-order valence-electron chi connectivity index (χ2n) is 16.9. The van der Waals surface area contributed by atoms with Crippen LogP contribution in [0.4, 0.5) is 0 Å². The maximum Gasteiger partial charge on any atom is 0.367 e. The van der Waals surface area contributed by atoms with E-state index in [4.69, 9.17) is 14.6 Å². The third kappa shape index (κ3) is 23.0. The SMILES string of the molecule is CCCCCCCCC(CCCCCC)C(=O)OC(O)(O)C(O)(C(O)(CCC)CCC)C(O)(O)OC(=O)C(CCCCCC)CCCCCCCC.CCCCCO. The lowest BCUT2D eigenvalue weighted by Gasteiger charge is -2.52. The average molecular weight is 835 g/mol. The summed E-state index contributed by atoms with van der Waals surface area (Å²) < 4.78 is 10.5. The van der Waals surface area contributed by atoms with Crippen LogP contribution in [-0.2, 0) is 19.1 Å². The maximum atomic E-state index is 13.7. The average Bonchev–Trinajstić information content (AvgIpc) is 3.17. The molecule has 0 fully saturated rings. The van der Waals surface area contributed by atoms with Gasteiger partial charge in [-0.05, 0) is 44.9 Å². The van der Waals surface area contributed by atoms with Gasteiger partial charge in [0.05, 0.1) is 11.8 Å². The summed E-state index contributed by atoms with van der Waals surface area (Å²) in [6.45, 7) is 14.2. The number of esters is 2. The Balaban J connectivity index is 0. The molecule has 0 aromatic heterocycles. The van der Waals surface area contributed by atoms with Crippen LogP contribution in [0.25, 0.3) is 0 Å². The Kier molecular flexibility index (Phi) is 35.7. The molecule has 0 amide bonds. The van der Waals surface area contributed by atoms with Gasteiger partial charge in [-0.25, -0.2) is 0 Å². The van der Waals surface area contributed by atoms with Crippen LogP contribution < -0.4 is 0 Å². The number of hydrogen-bond acceptors (Lipinski definition) is 11. The molecule has 348 valence electrons. The predicted octanol–water partition coefficient (Wildman–Crippen LogP) is 10.3. The Morgan fingerprint density at radius 3 is 0.914 bits per heavy atom. The van der Waals surface area contributed by atoms with Gasteiger partial charge in [0.2, 0.25) is 0 Å². The summed E-state index contributed by atoms with van der Waals surface area (Å²) in [5, 5.41) is 78.5. The first-order valence-corrected chi connectivity index (χ1v) is 24.0. The minimum atomic E-state index is -4.05. The lowest BCUT2D eigenvalue weighted by molar-refractivity contribution is -0.519. The standard InChI is InChI=1S/C42H82O10.C5H12O/c1-7-13-17-21-23-27-31-35(29-25-19-15-9-3)37(43)51-41(47,48)40(46,39(45,33-11-5)34-12-6)42(49,50)52-38(44)36(30-26-20-16-10-4)32-28-24-22-18-14-8-2;1-2-3-4-5-6/h35-36,45-50H,7-34H2,1-6H3;6H,2-5H2,1H3. The van der Waals surface area contributed by atoms with Crippen molar-refractivity contribution in [1.29, 1.82) is 0 Å². The monoisotopic (exact) mass is 835 g/mol. The van der Waals surface area contributed by atoms with Gasteiger partial charge >= 0.3 is 23.9 Å². The summed E-state index contributed by atoms with van der Waals surface area (Å²) in [5.74, 6) is -11.7. The number of ether oxygens (including phenoxy) is 2. The Morgan fingerprint density at radius 1 is 0.397 bits per heavy atom. The smallest absolute Gasteiger partial charge is 0.367 e. The molecule has 0 radical (unpaired) electrons. The number of unbranched alkanes of at least 4 members (excludes halogenated alkanes) is 18. The van der Waals surface area contributed by atoms with Crippen LogP contribution in [0.5, 0.6) is 0 Å². The Bertz CT molecular complexity index is 902. The number of aliphatic hydroxyl groups is 7. The highest BCUT2D eigenvalue weighted by Gasteiger charge is 2.77. The molecule has 0 saturated carbocycles. The molecule has 0 saturated heterocycles. The Morgan fingerprint density at radius 2 is 0.655 bits per heavy atom. The van der Waals surface area contributed by atoms with Crippen LogP contribution in [0, 0.1) is 11.8 Å². The minimum absolute atomic E-state index is 0.170. The van der Waals surface area contributed by atoms with Crippen molar-refractivity contribution in [3.8, 4) is 0 Å². The molecule has 0 heterocycles. The largest absolute Gasteiger partial charge is 0.405 e. The predicted molar refractivity (Wildman–Crippen MR) is 233 cm³/mol. The lowest BCUT2D eigenvalue weighted by atomic mass is 9.72. The quantitative estimate of drug-likeness (QED) is 0.0178.